The maximum Gasteiger partial charge on any atom is 0.0635 e. The average molecular weight is 194 g/mol. The first-order valence-electron chi connectivity index (χ1n) is 4.86. The highest BCUT2D eigenvalue weighted by atomic mass is 16.3. The van der Waals surface area contributed by atoms with E-state index in [1.54, 1.807) is 0 Å². The van der Waals surface area contributed by atoms with Gasteiger partial charge in [-0.2, -0.15) is 0 Å². The number of nitrogen functional groups attached to an aromatic ring is 1. The van der Waals surface area contributed by atoms with E-state index < -0.39 is 0 Å². The van der Waals surface area contributed by atoms with Gasteiger partial charge in [0.25, 0.3) is 0 Å². The summed E-state index contributed by atoms with van der Waals surface area (Å²) in [5, 5.41) is 12.4. The Morgan fingerprint density at radius 1 is 1.29 bits per heavy atom. The van der Waals surface area contributed by atoms with Gasteiger partial charge < -0.3 is 16.2 Å². The summed E-state index contributed by atoms with van der Waals surface area (Å²) in [6.45, 7) is 4.29. The maximum absolute atomic E-state index is 9.13. The zero-order valence-electron chi connectivity index (χ0n) is 8.70. The number of rotatable bonds is 4. The van der Waals surface area contributed by atoms with Gasteiger partial charge >= 0.3 is 0 Å². The molecule has 3 heteroatoms. The lowest BCUT2D eigenvalue weighted by Gasteiger charge is -2.21. The van der Waals surface area contributed by atoms with Crippen LogP contribution in [0.3, 0.4) is 0 Å². The minimum atomic E-state index is 0.0959. The molecular formula is C11H18N2O. The first-order chi connectivity index (χ1) is 6.63. The molecule has 0 saturated carbocycles. The predicted molar refractivity (Wildman–Crippen MR) is 60.2 cm³/mol. The number of aliphatic hydroxyl groups excluding tert-OH is 1. The second kappa shape index (κ2) is 4.86. The molecule has 0 bridgehead atoms. The first-order valence-corrected chi connectivity index (χ1v) is 4.86. The van der Waals surface area contributed by atoms with Crippen molar-refractivity contribution < 1.29 is 5.11 Å². The number of nitrogens with one attached hydrogen (secondary N) is 1. The summed E-state index contributed by atoms with van der Waals surface area (Å²) in [6.07, 6.45) is 0. The van der Waals surface area contributed by atoms with Crippen molar-refractivity contribution in [2.75, 3.05) is 17.7 Å². The third-order valence-corrected chi connectivity index (χ3v) is 2.26. The number of nitrogens with two attached hydrogens (primary N) is 1. The molecule has 1 rings (SSSR count). The lowest BCUT2D eigenvalue weighted by atomic mass is 10.1. The summed E-state index contributed by atoms with van der Waals surface area (Å²) in [5.74, 6) is 0.401. The molecule has 0 fully saturated rings. The van der Waals surface area contributed by atoms with Gasteiger partial charge in [0.2, 0.25) is 0 Å². The van der Waals surface area contributed by atoms with Crippen molar-refractivity contribution in [3.05, 3.63) is 24.3 Å². The Morgan fingerprint density at radius 2 is 1.86 bits per heavy atom. The highest BCUT2D eigenvalue weighted by Gasteiger charge is 2.10. The van der Waals surface area contributed by atoms with Crippen molar-refractivity contribution >= 4 is 11.4 Å². The van der Waals surface area contributed by atoms with Gasteiger partial charge in [-0.05, 0) is 30.2 Å². The van der Waals surface area contributed by atoms with Crippen LogP contribution in [0.25, 0.3) is 0 Å². The lowest BCUT2D eigenvalue weighted by molar-refractivity contribution is 0.249. The molecule has 1 aromatic carbocycles. The minimum absolute atomic E-state index is 0.0959. The molecule has 78 valence electrons. The zero-order chi connectivity index (χ0) is 10.6. The molecule has 0 radical (unpaired) electrons. The van der Waals surface area contributed by atoms with Crippen molar-refractivity contribution in [2.24, 2.45) is 5.92 Å². The number of aliphatic hydroxyl groups is 1. The molecular weight excluding hydrogens is 176 g/mol. The van der Waals surface area contributed by atoms with Gasteiger partial charge in [0.15, 0.2) is 0 Å². The standard InChI is InChI=1S/C11H18N2O/c1-8(2)11(7-14)13-10-5-3-9(12)4-6-10/h3-6,8,11,13-14H,7,12H2,1-2H3/t11-/m1/s1. The van der Waals surface area contributed by atoms with Crippen LogP contribution in [0, 0.1) is 5.92 Å². The third-order valence-electron chi connectivity index (χ3n) is 2.26. The van der Waals surface area contributed by atoms with E-state index in [-0.39, 0.29) is 12.6 Å². The molecule has 0 saturated heterocycles. The Balaban J connectivity index is 2.63. The van der Waals surface area contributed by atoms with Crippen molar-refractivity contribution in [3.8, 4) is 0 Å². The van der Waals surface area contributed by atoms with Crippen molar-refractivity contribution in [2.45, 2.75) is 19.9 Å². The Bertz CT molecular complexity index is 269. The fourth-order valence-electron chi connectivity index (χ4n) is 1.22. The molecule has 0 unspecified atom stereocenters. The van der Waals surface area contributed by atoms with Gasteiger partial charge in [-0.1, -0.05) is 13.8 Å². The van der Waals surface area contributed by atoms with E-state index >= 15 is 0 Å². The molecule has 0 aliphatic carbocycles. The number of anilines is 2. The van der Waals surface area contributed by atoms with Gasteiger partial charge in [0.05, 0.1) is 12.6 Å². The molecule has 0 amide bonds. The lowest BCUT2D eigenvalue weighted by Crippen LogP contribution is -2.29. The monoisotopic (exact) mass is 194 g/mol. The topological polar surface area (TPSA) is 58.3 Å². The smallest absolute Gasteiger partial charge is 0.0635 e. The van der Waals surface area contributed by atoms with Gasteiger partial charge in [-0.25, -0.2) is 0 Å². The van der Waals surface area contributed by atoms with Crippen LogP contribution in [0.15, 0.2) is 24.3 Å². The van der Waals surface area contributed by atoms with Crippen LogP contribution >= 0.6 is 0 Å². The van der Waals surface area contributed by atoms with E-state index in [0.717, 1.165) is 11.4 Å². The molecule has 0 spiro atoms. The predicted octanol–water partition coefficient (Wildman–Crippen LogP) is 1.70. The average Bonchev–Trinajstić information content (AvgIpc) is 2.16. The highest BCUT2D eigenvalue weighted by Crippen LogP contribution is 2.14. The molecule has 0 aromatic heterocycles. The Kier molecular flexibility index (Phi) is 3.77. The first kappa shape index (κ1) is 10.9. The van der Waals surface area contributed by atoms with E-state index in [2.05, 4.69) is 19.2 Å². The molecule has 14 heavy (non-hydrogen) atoms. The van der Waals surface area contributed by atoms with Crippen LogP contribution < -0.4 is 11.1 Å². The van der Waals surface area contributed by atoms with Gasteiger partial charge in [0, 0.05) is 11.4 Å². The molecule has 1 atom stereocenters. The number of hydrogen-bond acceptors (Lipinski definition) is 3. The van der Waals surface area contributed by atoms with Crippen LogP contribution in [0.1, 0.15) is 13.8 Å². The fourth-order valence-corrected chi connectivity index (χ4v) is 1.22. The van der Waals surface area contributed by atoms with Gasteiger partial charge in [-0.3, -0.25) is 0 Å². The normalized spacial score (nSPS) is 12.9. The summed E-state index contributed by atoms with van der Waals surface area (Å²) < 4.78 is 0. The summed E-state index contributed by atoms with van der Waals surface area (Å²) in [6, 6.07) is 7.62. The number of benzene rings is 1. The van der Waals surface area contributed by atoms with Crippen LogP contribution in [0.5, 0.6) is 0 Å². The minimum Gasteiger partial charge on any atom is -0.399 e. The summed E-state index contributed by atoms with van der Waals surface area (Å²) in [5.41, 5.74) is 7.32. The Labute approximate surface area is 84.9 Å². The third kappa shape index (κ3) is 2.92. The highest BCUT2D eigenvalue weighted by molar-refractivity contribution is 5.51. The second-order valence-corrected chi connectivity index (χ2v) is 3.80. The van der Waals surface area contributed by atoms with Crippen LogP contribution in [0.4, 0.5) is 11.4 Å². The van der Waals surface area contributed by atoms with Crippen molar-refractivity contribution in [1.29, 1.82) is 0 Å². The quantitative estimate of drug-likeness (QED) is 0.639. The molecule has 0 aliphatic rings. The molecule has 0 heterocycles. The fraction of sp³-hybridized carbons (Fsp3) is 0.455. The Hall–Kier alpha value is -1.22. The SMILES string of the molecule is CC(C)[C@@H](CO)Nc1ccc(N)cc1. The van der Waals surface area contributed by atoms with Crippen molar-refractivity contribution in [3.63, 3.8) is 0 Å². The zero-order valence-corrected chi connectivity index (χ0v) is 8.70. The largest absolute Gasteiger partial charge is 0.399 e. The van der Waals surface area contributed by atoms with Gasteiger partial charge in [0.1, 0.15) is 0 Å². The second-order valence-electron chi connectivity index (χ2n) is 3.80. The van der Waals surface area contributed by atoms with Gasteiger partial charge in [-0.15, -0.1) is 0 Å². The number of hydrogen-bond donors (Lipinski definition) is 3. The summed E-state index contributed by atoms with van der Waals surface area (Å²) in [7, 11) is 0. The maximum atomic E-state index is 9.13. The molecule has 0 aliphatic heterocycles. The molecule has 1 aromatic rings. The summed E-state index contributed by atoms with van der Waals surface area (Å²) >= 11 is 0. The molecule has 3 nitrogen and oxygen atoms in total. The van der Waals surface area contributed by atoms with E-state index in [1.807, 2.05) is 24.3 Å². The van der Waals surface area contributed by atoms with E-state index in [0.29, 0.717) is 5.92 Å². The summed E-state index contributed by atoms with van der Waals surface area (Å²) in [4.78, 5) is 0. The molecule has 4 N–H and O–H groups in total. The van der Waals surface area contributed by atoms with E-state index in [1.165, 1.54) is 0 Å². The van der Waals surface area contributed by atoms with Crippen LogP contribution in [-0.2, 0) is 0 Å². The Morgan fingerprint density at radius 3 is 2.29 bits per heavy atom. The van der Waals surface area contributed by atoms with Crippen LogP contribution in [0.2, 0.25) is 0 Å². The van der Waals surface area contributed by atoms with E-state index in [4.69, 9.17) is 10.8 Å². The van der Waals surface area contributed by atoms with Crippen LogP contribution in [-0.4, -0.2) is 17.8 Å². The van der Waals surface area contributed by atoms with E-state index in [9.17, 15) is 0 Å². The van der Waals surface area contributed by atoms with Crippen molar-refractivity contribution in [1.82, 2.24) is 0 Å².